The van der Waals surface area contributed by atoms with Crippen molar-refractivity contribution in [1.29, 1.82) is 0 Å². The number of amides is 1. The normalized spacial score (nSPS) is 10.4. The largest absolute Gasteiger partial charge is 0.497 e. The number of nitrogens with zero attached hydrogens (tertiary/aromatic N) is 1. The summed E-state index contributed by atoms with van der Waals surface area (Å²) in [6.45, 7) is 0.429. The van der Waals surface area contributed by atoms with Gasteiger partial charge < -0.3 is 24.1 Å². The van der Waals surface area contributed by atoms with Crippen LogP contribution in [-0.4, -0.2) is 25.3 Å². The summed E-state index contributed by atoms with van der Waals surface area (Å²) in [4.78, 5) is 12.2. The van der Waals surface area contributed by atoms with E-state index in [-0.39, 0.29) is 18.2 Å². The monoisotopic (exact) mass is 402 g/mol. The molecule has 146 valence electrons. The van der Waals surface area contributed by atoms with Gasteiger partial charge in [0.2, 0.25) is 0 Å². The third-order valence-electron chi connectivity index (χ3n) is 3.89. The fourth-order valence-corrected chi connectivity index (χ4v) is 2.64. The third-order valence-corrected chi connectivity index (χ3v) is 4.18. The van der Waals surface area contributed by atoms with Crippen molar-refractivity contribution >= 4 is 17.5 Å². The van der Waals surface area contributed by atoms with Gasteiger partial charge in [0.05, 0.1) is 19.2 Å². The predicted octanol–water partition coefficient (Wildman–Crippen LogP) is 3.85. The fraction of sp³-hybridized carbons (Fsp3) is 0.200. The number of carbonyl (C=O) groups is 1. The molecule has 0 radical (unpaired) electrons. The first kappa shape index (κ1) is 19.6. The molecule has 0 aliphatic rings. The van der Waals surface area contributed by atoms with E-state index in [1.165, 1.54) is 6.07 Å². The van der Waals surface area contributed by atoms with Crippen LogP contribution in [-0.2, 0) is 13.2 Å². The molecule has 0 atom stereocenters. The molecular weight excluding hydrogens is 384 g/mol. The molecule has 0 unspecified atom stereocenters. The molecule has 8 heteroatoms. The number of ether oxygens (including phenoxy) is 3. The molecule has 0 saturated carbocycles. The zero-order chi connectivity index (χ0) is 19.9. The van der Waals surface area contributed by atoms with E-state index >= 15 is 0 Å². The Labute approximate surface area is 167 Å². The summed E-state index contributed by atoms with van der Waals surface area (Å²) in [7, 11) is 3.15. The van der Waals surface area contributed by atoms with Crippen LogP contribution in [0.5, 0.6) is 17.2 Å². The third kappa shape index (κ3) is 4.95. The first-order chi connectivity index (χ1) is 13.6. The summed E-state index contributed by atoms with van der Waals surface area (Å²) in [6, 6.07) is 14.0. The number of benzene rings is 2. The molecule has 1 amide bonds. The number of halogens is 1. The van der Waals surface area contributed by atoms with Crippen LogP contribution in [0.4, 0.5) is 0 Å². The van der Waals surface area contributed by atoms with Crippen LogP contribution in [0.25, 0.3) is 0 Å². The summed E-state index contributed by atoms with van der Waals surface area (Å²) in [5, 5.41) is 6.97. The van der Waals surface area contributed by atoms with Gasteiger partial charge in [0.15, 0.2) is 11.5 Å². The van der Waals surface area contributed by atoms with Crippen molar-refractivity contribution in [3.8, 4) is 17.2 Å². The molecule has 3 aromatic rings. The van der Waals surface area contributed by atoms with Gasteiger partial charge in [-0.2, -0.15) is 0 Å². The molecule has 3 rings (SSSR count). The van der Waals surface area contributed by atoms with Crippen LogP contribution >= 0.6 is 11.6 Å². The molecule has 0 aliphatic heterocycles. The van der Waals surface area contributed by atoms with Crippen molar-refractivity contribution in [2.24, 2.45) is 0 Å². The summed E-state index contributed by atoms with van der Waals surface area (Å²) in [5.74, 6) is 1.89. The summed E-state index contributed by atoms with van der Waals surface area (Å²) >= 11 is 6.13. The molecule has 1 heterocycles. The van der Waals surface area contributed by atoms with Gasteiger partial charge in [0.1, 0.15) is 23.9 Å². The van der Waals surface area contributed by atoms with Crippen LogP contribution in [0.1, 0.15) is 21.8 Å². The van der Waals surface area contributed by atoms with Crippen molar-refractivity contribution in [3.05, 3.63) is 70.6 Å². The minimum absolute atomic E-state index is 0.0855. The summed E-state index contributed by atoms with van der Waals surface area (Å²) in [5.41, 5.74) is 1.08. The topological polar surface area (TPSA) is 82.8 Å². The van der Waals surface area contributed by atoms with Crippen LogP contribution in [0, 0.1) is 0 Å². The van der Waals surface area contributed by atoms with Gasteiger partial charge in [-0.25, -0.2) is 0 Å². The Balaban J connectivity index is 1.55. The minimum Gasteiger partial charge on any atom is -0.497 e. The zero-order valence-electron chi connectivity index (χ0n) is 15.4. The molecular formula is C20H19ClN2O5. The number of nitrogens with one attached hydrogen (secondary N) is 1. The van der Waals surface area contributed by atoms with Crippen molar-refractivity contribution in [2.75, 3.05) is 14.2 Å². The Kier molecular flexibility index (Phi) is 6.39. The highest BCUT2D eigenvalue weighted by atomic mass is 35.5. The quantitative estimate of drug-likeness (QED) is 0.616. The van der Waals surface area contributed by atoms with Crippen molar-refractivity contribution in [2.45, 2.75) is 13.2 Å². The molecule has 2 aromatic carbocycles. The highest BCUT2D eigenvalue weighted by Crippen LogP contribution is 2.29. The van der Waals surface area contributed by atoms with Crippen molar-refractivity contribution in [3.63, 3.8) is 0 Å². The van der Waals surface area contributed by atoms with Crippen LogP contribution in [0.2, 0.25) is 5.02 Å². The average Bonchev–Trinajstić information content (AvgIpc) is 3.20. The Hall–Kier alpha value is -3.19. The minimum atomic E-state index is -0.347. The molecule has 0 spiro atoms. The summed E-state index contributed by atoms with van der Waals surface area (Å²) in [6.07, 6.45) is 0. The van der Waals surface area contributed by atoms with Gasteiger partial charge in [-0.15, -0.1) is 0 Å². The van der Waals surface area contributed by atoms with Gasteiger partial charge in [-0.05, 0) is 29.8 Å². The van der Waals surface area contributed by atoms with Crippen molar-refractivity contribution in [1.82, 2.24) is 10.5 Å². The lowest BCUT2D eigenvalue weighted by Crippen LogP contribution is -2.23. The van der Waals surface area contributed by atoms with Gasteiger partial charge in [-0.1, -0.05) is 28.9 Å². The van der Waals surface area contributed by atoms with Crippen LogP contribution in [0.3, 0.4) is 0 Å². The molecule has 1 aromatic heterocycles. The van der Waals surface area contributed by atoms with E-state index in [0.29, 0.717) is 28.8 Å². The zero-order valence-corrected chi connectivity index (χ0v) is 16.2. The SMILES string of the molecule is COc1cccc(CNC(=O)c2cc(COc3ccc(OC)cc3Cl)on2)c1. The number of carbonyl (C=O) groups excluding carboxylic acids is 1. The van der Waals surface area contributed by atoms with E-state index in [9.17, 15) is 4.79 Å². The highest BCUT2D eigenvalue weighted by Gasteiger charge is 2.13. The van der Waals surface area contributed by atoms with E-state index in [1.54, 1.807) is 32.4 Å². The Morgan fingerprint density at radius 1 is 1.11 bits per heavy atom. The van der Waals surface area contributed by atoms with E-state index in [1.807, 2.05) is 24.3 Å². The first-order valence-corrected chi connectivity index (χ1v) is 8.80. The molecule has 0 fully saturated rings. The Morgan fingerprint density at radius 2 is 1.89 bits per heavy atom. The maximum absolute atomic E-state index is 12.2. The highest BCUT2D eigenvalue weighted by molar-refractivity contribution is 6.32. The molecule has 28 heavy (non-hydrogen) atoms. The van der Waals surface area contributed by atoms with Gasteiger partial charge in [0, 0.05) is 18.7 Å². The number of rotatable bonds is 8. The smallest absolute Gasteiger partial charge is 0.273 e. The van der Waals surface area contributed by atoms with E-state index < -0.39 is 0 Å². The lowest BCUT2D eigenvalue weighted by molar-refractivity contribution is 0.0941. The molecule has 0 aliphatic carbocycles. The number of hydrogen-bond acceptors (Lipinski definition) is 6. The van der Waals surface area contributed by atoms with Gasteiger partial charge >= 0.3 is 0 Å². The lowest BCUT2D eigenvalue weighted by atomic mass is 10.2. The second kappa shape index (κ2) is 9.14. The molecule has 0 bridgehead atoms. The molecule has 7 nitrogen and oxygen atoms in total. The number of hydrogen-bond donors (Lipinski definition) is 1. The Bertz CT molecular complexity index is 957. The summed E-state index contributed by atoms with van der Waals surface area (Å²) < 4.78 is 21.0. The van der Waals surface area contributed by atoms with E-state index in [0.717, 1.165) is 11.3 Å². The average molecular weight is 403 g/mol. The molecule has 0 saturated heterocycles. The second-order valence-electron chi connectivity index (χ2n) is 5.80. The van der Waals surface area contributed by atoms with Gasteiger partial charge in [0.25, 0.3) is 5.91 Å². The van der Waals surface area contributed by atoms with Crippen LogP contribution in [0.15, 0.2) is 53.1 Å². The first-order valence-electron chi connectivity index (χ1n) is 8.42. The van der Waals surface area contributed by atoms with Crippen molar-refractivity contribution < 1.29 is 23.5 Å². The maximum Gasteiger partial charge on any atom is 0.273 e. The van der Waals surface area contributed by atoms with E-state index in [4.69, 9.17) is 30.3 Å². The Morgan fingerprint density at radius 3 is 2.64 bits per heavy atom. The molecule has 1 N–H and O–H groups in total. The predicted molar refractivity (Wildman–Crippen MR) is 103 cm³/mol. The standard InChI is InChI=1S/C20H19ClN2O5/c1-25-14-5-3-4-13(8-14)11-22-20(24)18-10-16(28-23-18)12-27-19-7-6-15(26-2)9-17(19)21/h3-10H,11-12H2,1-2H3,(H,22,24). The second-order valence-corrected chi connectivity index (χ2v) is 6.20. The number of aromatic nitrogens is 1. The van der Waals surface area contributed by atoms with E-state index in [2.05, 4.69) is 10.5 Å². The van der Waals surface area contributed by atoms with Gasteiger partial charge in [-0.3, -0.25) is 4.79 Å². The maximum atomic E-state index is 12.2. The lowest BCUT2D eigenvalue weighted by Gasteiger charge is -2.07. The number of methoxy groups -OCH3 is 2. The fourth-order valence-electron chi connectivity index (χ4n) is 2.42. The van der Waals surface area contributed by atoms with Crippen LogP contribution < -0.4 is 19.5 Å².